The zero-order chi connectivity index (χ0) is 27.7. The molecule has 192 valence electrons. The Bertz CT molecular complexity index is 1210. The van der Waals surface area contributed by atoms with Gasteiger partial charge in [0.15, 0.2) is 0 Å². The Morgan fingerprint density at radius 2 is 0.763 bits per heavy atom. The minimum Gasteiger partial charge on any atom is -0.478 e. The van der Waals surface area contributed by atoms with E-state index >= 15 is 0 Å². The molecule has 4 rings (SSSR count). The molecule has 0 amide bonds. The molecule has 38 heavy (non-hydrogen) atoms. The van der Waals surface area contributed by atoms with E-state index in [1.807, 2.05) is 0 Å². The Morgan fingerprint density at radius 3 is 1.00 bits per heavy atom. The van der Waals surface area contributed by atoms with Gasteiger partial charge in [-0.1, -0.05) is 0 Å². The van der Waals surface area contributed by atoms with Gasteiger partial charge in [-0.2, -0.15) is 0 Å². The zero-order valence-electron chi connectivity index (χ0n) is 19.2. The van der Waals surface area contributed by atoms with Crippen molar-refractivity contribution in [3.05, 3.63) is 108 Å². The number of hydrogen-bond donors (Lipinski definition) is 4. The molecule has 12 nitrogen and oxygen atoms in total. The Hall–Kier alpha value is -5.78. The van der Waals surface area contributed by atoms with E-state index in [-0.39, 0.29) is 22.5 Å². The van der Waals surface area contributed by atoms with E-state index in [0.717, 1.165) is 0 Å². The van der Waals surface area contributed by atoms with E-state index in [0.29, 0.717) is 23.0 Å². The van der Waals surface area contributed by atoms with Crippen LogP contribution in [-0.4, -0.2) is 54.3 Å². The first kappa shape index (κ1) is 26.8. The third-order valence-electron chi connectivity index (χ3n) is 4.58. The van der Waals surface area contributed by atoms with Gasteiger partial charge in [-0.05, 0) is 72.8 Å². The van der Waals surface area contributed by atoms with Crippen LogP contribution in [0.3, 0.4) is 0 Å². The number of carboxylic acids is 4. The molecule has 0 aliphatic rings. The Balaban J connectivity index is 0.000000211. The summed E-state index contributed by atoms with van der Waals surface area (Å²) in [4.78, 5) is 50.0. The van der Waals surface area contributed by atoms with Crippen molar-refractivity contribution in [2.45, 2.75) is 0 Å². The number of nitrogens with zero attached hydrogens (tertiary/aromatic N) is 2. The molecule has 12 heteroatoms. The summed E-state index contributed by atoms with van der Waals surface area (Å²) >= 11 is 0. The van der Waals surface area contributed by atoms with Gasteiger partial charge >= 0.3 is 23.9 Å². The standard InChI is InChI=1S/2C13H9NO5/c2*15-12(16)8-1-3-9(4-2-8)19-10-5-6-11(13(17)18)14-7-10/h2*1-7H,(H,15,16)(H,17,18). The van der Waals surface area contributed by atoms with Crippen LogP contribution in [0.1, 0.15) is 41.7 Å². The first-order chi connectivity index (χ1) is 18.1. The molecule has 0 fully saturated rings. The lowest BCUT2D eigenvalue weighted by molar-refractivity contribution is 0.0679. The minimum absolute atomic E-state index is 0.0754. The summed E-state index contributed by atoms with van der Waals surface area (Å²) in [5.41, 5.74) is 0.167. The van der Waals surface area contributed by atoms with Gasteiger partial charge in [0.1, 0.15) is 34.4 Å². The van der Waals surface area contributed by atoms with Crippen LogP contribution in [-0.2, 0) is 0 Å². The first-order valence-corrected chi connectivity index (χ1v) is 10.5. The number of hydrogen-bond acceptors (Lipinski definition) is 8. The van der Waals surface area contributed by atoms with Gasteiger partial charge in [0, 0.05) is 0 Å². The van der Waals surface area contributed by atoms with Crippen LogP contribution in [0.4, 0.5) is 0 Å². The fourth-order valence-electron chi connectivity index (χ4n) is 2.74. The van der Waals surface area contributed by atoms with Crippen LogP contribution >= 0.6 is 0 Å². The van der Waals surface area contributed by atoms with E-state index in [4.69, 9.17) is 29.9 Å². The van der Waals surface area contributed by atoms with Crippen LogP contribution in [0.5, 0.6) is 23.0 Å². The molecule has 2 aromatic heterocycles. The molecular weight excluding hydrogens is 500 g/mol. The third-order valence-corrected chi connectivity index (χ3v) is 4.58. The van der Waals surface area contributed by atoms with Gasteiger partial charge in [-0.3, -0.25) is 0 Å². The third kappa shape index (κ3) is 7.61. The molecule has 0 bridgehead atoms. The van der Waals surface area contributed by atoms with Crippen molar-refractivity contribution in [2.24, 2.45) is 0 Å². The van der Waals surface area contributed by atoms with Gasteiger partial charge in [0.2, 0.25) is 0 Å². The van der Waals surface area contributed by atoms with E-state index in [2.05, 4.69) is 9.97 Å². The lowest BCUT2D eigenvalue weighted by Gasteiger charge is -2.05. The predicted molar refractivity (Wildman–Crippen MR) is 129 cm³/mol. The van der Waals surface area contributed by atoms with Crippen molar-refractivity contribution in [3.8, 4) is 23.0 Å². The lowest BCUT2D eigenvalue weighted by Crippen LogP contribution is -1.99. The predicted octanol–water partition coefficient (Wildman–Crippen LogP) is 4.54. The monoisotopic (exact) mass is 518 g/mol. The van der Waals surface area contributed by atoms with Crippen LogP contribution in [0, 0.1) is 0 Å². The van der Waals surface area contributed by atoms with Gasteiger partial charge < -0.3 is 29.9 Å². The maximum atomic E-state index is 10.7. The van der Waals surface area contributed by atoms with Crippen LogP contribution in [0.2, 0.25) is 0 Å². The summed E-state index contributed by atoms with van der Waals surface area (Å²) in [7, 11) is 0. The Morgan fingerprint density at radius 1 is 0.447 bits per heavy atom. The number of aromatic carboxylic acids is 4. The smallest absolute Gasteiger partial charge is 0.354 e. The molecule has 0 saturated carbocycles. The average Bonchev–Trinajstić information content (AvgIpc) is 2.90. The SMILES string of the molecule is O=C(O)c1ccc(Oc2ccc(C(=O)O)nc2)cc1.O=C(O)c1ccc(Oc2ccc(C(=O)O)nc2)cc1. The molecule has 0 spiro atoms. The fraction of sp³-hybridized carbons (Fsp3) is 0. The Labute approximate surface area is 214 Å². The second kappa shape index (κ2) is 12.3. The number of aromatic nitrogens is 2. The second-order valence-electron chi connectivity index (χ2n) is 7.23. The molecule has 2 aromatic carbocycles. The van der Waals surface area contributed by atoms with Crippen molar-refractivity contribution in [2.75, 3.05) is 0 Å². The minimum atomic E-state index is -1.11. The molecule has 2 heterocycles. The molecule has 0 unspecified atom stereocenters. The van der Waals surface area contributed by atoms with Gasteiger partial charge in [0.25, 0.3) is 0 Å². The molecular formula is C26H18N2O10. The topological polar surface area (TPSA) is 193 Å². The number of ether oxygens (including phenoxy) is 2. The molecule has 0 aliphatic carbocycles. The normalized spacial score (nSPS) is 9.89. The molecule has 0 saturated heterocycles. The number of carboxylic acid groups (broad SMARTS) is 4. The summed E-state index contributed by atoms with van der Waals surface area (Å²) < 4.78 is 10.8. The number of pyridine rings is 2. The summed E-state index contributed by atoms with van der Waals surface area (Å²) in [5, 5.41) is 34.9. The van der Waals surface area contributed by atoms with Crippen molar-refractivity contribution < 1.29 is 49.1 Å². The first-order valence-electron chi connectivity index (χ1n) is 10.5. The van der Waals surface area contributed by atoms with E-state index in [1.165, 1.54) is 85.2 Å². The van der Waals surface area contributed by atoms with Crippen molar-refractivity contribution in [3.63, 3.8) is 0 Å². The highest BCUT2D eigenvalue weighted by Gasteiger charge is 2.07. The fourth-order valence-corrected chi connectivity index (χ4v) is 2.74. The highest BCUT2D eigenvalue weighted by atomic mass is 16.5. The molecule has 0 radical (unpaired) electrons. The van der Waals surface area contributed by atoms with E-state index < -0.39 is 23.9 Å². The summed E-state index contributed by atoms with van der Waals surface area (Å²) in [5.74, 6) is -2.64. The maximum absolute atomic E-state index is 10.7. The van der Waals surface area contributed by atoms with Gasteiger partial charge in [-0.15, -0.1) is 0 Å². The van der Waals surface area contributed by atoms with Crippen molar-refractivity contribution in [1.82, 2.24) is 9.97 Å². The van der Waals surface area contributed by atoms with Gasteiger partial charge in [0.05, 0.1) is 23.5 Å². The maximum Gasteiger partial charge on any atom is 0.354 e. The van der Waals surface area contributed by atoms with Crippen LogP contribution in [0.25, 0.3) is 0 Å². The van der Waals surface area contributed by atoms with E-state index in [9.17, 15) is 19.2 Å². The number of benzene rings is 2. The second-order valence-corrected chi connectivity index (χ2v) is 7.23. The van der Waals surface area contributed by atoms with Crippen LogP contribution in [0.15, 0.2) is 85.2 Å². The molecule has 0 aliphatic heterocycles. The largest absolute Gasteiger partial charge is 0.478 e. The summed E-state index contributed by atoms with van der Waals surface area (Å²) in [6.45, 7) is 0. The quantitative estimate of drug-likeness (QED) is 0.255. The zero-order valence-corrected chi connectivity index (χ0v) is 19.2. The van der Waals surface area contributed by atoms with Crippen LogP contribution < -0.4 is 9.47 Å². The van der Waals surface area contributed by atoms with Crippen molar-refractivity contribution in [1.29, 1.82) is 0 Å². The summed E-state index contributed by atoms with van der Waals surface area (Å²) in [6.07, 6.45) is 2.57. The summed E-state index contributed by atoms with van der Waals surface area (Å²) in [6, 6.07) is 17.3. The lowest BCUT2D eigenvalue weighted by atomic mass is 10.2. The molecule has 4 aromatic rings. The Kier molecular flexibility index (Phi) is 8.65. The average molecular weight is 518 g/mol. The number of rotatable bonds is 8. The molecule has 4 N–H and O–H groups in total. The van der Waals surface area contributed by atoms with E-state index in [1.54, 1.807) is 0 Å². The highest BCUT2D eigenvalue weighted by molar-refractivity contribution is 5.88. The number of carbonyl (C=O) groups is 4. The molecule has 0 atom stereocenters. The highest BCUT2D eigenvalue weighted by Crippen LogP contribution is 2.22. The van der Waals surface area contributed by atoms with Crippen molar-refractivity contribution >= 4 is 23.9 Å². The van der Waals surface area contributed by atoms with Gasteiger partial charge in [-0.25, -0.2) is 29.1 Å².